The van der Waals surface area contributed by atoms with Gasteiger partial charge in [-0.15, -0.1) is 6.42 Å². The van der Waals surface area contributed by atoms with Crippen LogP contribution in [0.15, 0.2) is 36.7 Å². The summed E-state index contributed by atoms with van der Waals surface area (Å²) in [5, 5.41) is 4.76. The van der Waals surface area contributed by atoms with Gasteiger partial charge in [-0.05, 0) is 6.08 Å². The Morgan fingerprint density at radius 2 is 2.21 bits per heavy atom. The molecule has 3 nitrogen and oxygen atoms in total. The van der Waals surface area contributed by atoms with Gasteiger partial charge in [-0.3, -0.25) is 0 Å². The number of nitrogens with one attached hydrogen (secondary N) is 2. The smallest absolute Gasteiger partial charge is 0.0921 e. The molecule has 0 spiro atoms. The van der Waals surface area contributed by atoms with Gasteiger partial charge in [0, 0.05) is 26.3 Å². The first-order valence-corrected chi connectivity index (χ1v) is 4.26. The van der Waals surface area contributed by atoms with Crippen molar-refractivity contribution in [1.82, 2.24) is 15.8 Å². The molecule has 14 heavy (non-hydrogen) atoms. The molecule has 0 atom stereocenters. The highest BCUT2D eigenvalue weighted by atomic mass is 15.5. The summed E-state index contributed by atoms with van der Waals surface area (Å²) in [6, 6.07) is 0. The minimum atomic E-state index is 0.549. The van der Waals surface area contributed by atoms with Crippen molar-refractivity contribution in [2.75, 3.05) is 20.6 Å². The Morgan fingerprint density at radius 3 is 2.71 bits per heavy atom. The minimum Gasteiger partial charge on any atom is -0.389 e. The second kappa shape index (κ2) is 6.81. The summed E-state index contributed by atoms with van der Waals surface area (Å²) >= 11 is 0. The van der Waals surface area contributed by atoms with Crippen LogP contribution in [0.1, 0.15) is 0 Å². The predicted octanol–water partition coefficient (Wildman–Crippen LogP) is 0.859. The molecule has 0 fully saturated rings. The Labute approximate surface area is 86.1 Å². The van der Waals surface area contributed by atoms with Gasteiger partial charge in [0.1, 0.15) is 0 Å². The first-order chi connectivity index (χ1) is 6.60. The molecule has 0 unspecified atom stereocenters. The molecule has 0 radical (unpaired) electrons. The maximum absolute atomic E-state index is 5.14. The molecule has 0 aromatic carbocycles. The number of terminal acetylenes is 1. The van der Waals surface area contributed by atoms with E-state index in [0.29, 0.717) is 5.70 Å². The third-order valence-electron chi connectivity index (χ3n) is 1.52. The topological polar surface area (TPSA) is 27.3 Å². The average Bonchev–Trinajstić information content (AvgIpc) is 2.17. The molecule has 0 rings (SSSR count). The van der Waals surface area contributed by atoms with Crippen molar-refractivity contribution in [1.29, 1.82) is 0 Å². The fourth-order valence-electron chi connectivity index (χ4n) is 0.745. The summed E-state index contributed by atoms with van der Waals surface area (Å²) in [5.74, 6) is 2.40. The third kappa shape index (κ3) is 5.92. The zero-order valence-corrected chi connectivity index (χ0v) is 8.80. The van der Waals surface area contributed by atoms with Gasteiger partial charge in [0.05, 0.1) is 5.70 Å². The number of hydrogen-bond acceptors (Lipinski definition) is 3. The van der Waals surface area contributed by atoms with E-state index in [1.54, 1.807) is 0 Å². The Balaban J connectivity index is 3.80. The van der Waals surface area contributed by atoms with E-state index in [-0.39, 0.29) is 0 Å². The van der Waals surface area contributed by atoms with E-state index in [2.05, 4.69) is 29.8 Å². The van der Waals surface area contributed by atoms with Gasteiger partial charge in [-0.2, -0.15) is 0 Å². The Morgan fingerprint density at radius 1 is 1.57 bits per heavy atom. The number of likely N-dealkylation sites (N-methyl/N-ethyl adjacent to an activating group) is 2. The van der Waals surface area contributed by atoms with Crippen molar-refractivity contribution in [3.05, 3.63) is 36.7 Å². The van der Waals surface area contributed by atoms with Crippen molar-refractivity contribution in [3.63, 3.8) is 0 Å². The van der Waals surface area contributed by atoms with Gasteiger partial charge in [-0.25, -0.2) is 5.01 Å². The lowest BCUT2D eigenvalue weighted by atomic mass is 10.4. The van der Waals surface area contributed by atoms with Crippen LogP contribution < -0.4 is 10.7 Å². The molecular formula is C11H17N3. The zero-order valence-electron chi connectivity index (χ0n) is 8.80. The van der Waals surface area contributed by atoms with Crippen molar-refractivity contribution < 1.29 is 0 Å². The lowest BCUT2D eigenvalue weighted by Crippen LogP contribution is -2.32. The predicted molar refractivity (Wildman–Crippen MR) is 61.1 cm³/mol. The van der Waals surface area contributed by atoms with Crippen LogP contribution >= 0.6 is 0 Å². The highest BCUT2D eigenvalue weighted by Gasteiger charge is 1.93. The summed E-state index contributed by atoms with van der Waals surface area (Å²) in [7, 11) is 3.71. The maximum Gasteiger partial charge on any atom is 0.0921 e. The van der Waals surface area contributed by atoms with Crippen LogP contribution in [0.25, 0.3) is 0 Å². The van der Waals surface area contributed by atoms with E-state index in [0.717, 1.165) is 12.2 Å². The lowest BCUT2D eigenvalue weighted by Gasteiger charge is -2.16. The van der Waals surface area contributed by atoms with Crippen molar-refractivity contribution in [2.45, 2.75) is 0 Å². The molecule has 0 amide bonds. The normalized spacial score (nSPS) is 9.86. The molecule has 0 bridgehead atoms. The number of hydrogen-bond donors (Lipinski definition) is 2. The zero-order chi connectivity index (χ0) is 11.0. The quantitative estimate of drug-likeness (QED) is 0.370. The van der Waals surface area contributed by atoms with E-state index < -0.39 is 0 Å². The fourth-order valence-corrected chi connectivity index (χ4v) is 0.745. The second-order valence-electron chi connectivity index (χ2n) is 2.79. The van der Waals surface area contributed by atoms with Crippen LogP contribution in [0.2, 0.25) is 0 Å². The summed E-state index contributed by atoms with van der Waals surface area (Å²) < 4.78 is 0. The van der Waals surface area contributed by atoms with Crippen molar-refractivity contribution in [3.8, 4) is 12.3 Å². The number of rotatable bonds is 6. The maximum atomic E-state index is 5.14. The van der Waals surface area contributed by atoms with Gasteiger partial charge < -0.3 is 10.7 Å². The number of nitrogens with zero attached hydrogens (tertiary/aromatic N) is 1. The molecule has 0 aliphatic carbocycles. The van der Waals surface area contributed by atoms with Gasteiger partial charge in [0.25, 0.3) is 0 Å². The summed E-state index contributed by atoms with van der Waals surface area (Å²) in [5.41, 5.74) is 4.34. The van der Waals surface area contributed by atoms with Crippen LogP contribution in [0, 0.1) is 12.3 Å². The Kier molecular flexibility index (Phi) is 6.01. The van der Waals surface area contributed by atoms with Crippen LogP contribution in [-0.2, 0) is 0 Å². The second-order valence-corrected chi connectivity index (χ2v) is 2.79. The molecule has 0 aliphatic rings. The van der Waals surface area contributed by atoms with Crippen LogP contribution in [-0.4, -0.2) is 25.6 Å². The van der Waals surface area contributed by atoms with Crippen LogP contribution in [0.5, 0.6) is 0 Å². The van der Waals surface area contributed by atoms with E-state index in [1.165, 1.54) is 0 Å². The standard InChI is InChI=1S/C11H17N3/c1-6-10(2)13-14(5)9-7-8-11(3)12-4/h1,7-8,12-13H,2-3,9H2,4-5H3/b8-7+. The highest BCUT2D eigenvalue weighted by molar-refractivity contribution is 5.18. The first kappa shape index (κ1) is 12.3. The van der Waals surface area contributed by atoms with E-state index in [9.17, 15) is 0 Å². The van der Waals surface area contributed by atoms with E-state index >= 15 is 0 Å². The molecule has 76 valence electrons. The first-order valence-electron chi connectivity index (χ1n) is 4.26. The molecule has 0 aromatic rings. The molecule has 0 aliphatic heterocycles. The number of hydrazine groups is 1. The van der Waals surface area contributed by atoms with Gasteiger partial charge >= 0.3 is 0 Å². The van der Waals surface area contributed by atoms with Crippen LogP contribution in [0.4, 0.5) is 0 Å². The third-order valence-corrected chi connectivity index (χ3v) is 1.52. The lowest BCUT2D eigenvalue weighted by molar-refractivity contribution is 0.300. The van der Waals surface area contributed by atoms with Crippen molar-refractivity contribution in [2.24, 2.45) is 0 Å². The monoisotopic (exact) mass is 191 g/mol. The largest absolute Gasteiger partial charge is 0.389 e. The molecule has 0 saturated heterocycles. The Hall–Kier alpha value is -1.66. The van der Waals surface area contributed by atoms with Gasteiger partial charge in [-0.1, -0.05) is 25.2 Å². The molecule has 0 saturated carbocycles. The fraction of sp³-hybridized carbons (Fsp3) is 0.273. The SMILES string of the molecule is C#CC(=C)NN(C)C/C=C/C(=C)NC. The van der Waals surface area contributed by atoms with E-state index in [1.807, 2.05) is 31.3 Å². The molecule has 2 N–H and O–H groups in total. The number of allylic oxidation sites excluding steroid dienone is 2. The minimum absolute atomic E-state index is 0.549. The molecule has 0 aromatic heterocycles. The van der Waals surface area contributed by atoms with Crippen molar-refractivity contribution >= 4 is 0 Å². The average molecular weight is 191 g/mol. The Bertz CT molecular complexity index is 271. The van der Waals surface area contributed by atoms with E-state index in [4.69, 9.17) is 6.42 Å². The summed E-state index contributed by atoms with van der Waals surface area (Å²) in [6.45, 7) is 8.11. The molecule has 3 heteroatoms. The molecule has 0 heterocycles. The summed E-state index contributed by atoms with van der Waals surface area (Å²) in [6.07, 6.45) is 9.01. The van der Waals surface area contributed by atoms with Gasteiger partial charge in [0.2, 0.25) is 0 Å². The summed E-state index contributed by atoms with van der Waals surface area (Å²) in [4.78, 5) is 0. The highest BCUT2D eigenvalue weighted by Crippen LogP contribution is 1.88. The van der Waals surface area contributed by atoms with Crippen LogP contribution in [0.3, 0.4) is 0 Å². The molecular weight excluding hydrogens is 174 g/mol. The van der Waals surface area contributed by atoms with Gasteiger partial charge in [0.15, 0.2) is 0 Å².